The van der Waals surface area contributed by atoms with Crippen molar-refractivity contribution in [1.82, 2.24) is 10.2 Å². The van der Waals surface area contributed by atoms with Gasteiger partial charge in [-0.05, 0) is 37.6 Å². The molecule has 32 heavy (non-hydrogen) atoms. The van der Waals surface area contributed by atoms with Crippen molar-refractivity contribution in [3.8, 4) is 11.5 Å². The smallest absolute Gasteiger partial charge is 0.238 e. The van der Waals surface area contributed by atoms with Gasteiger partial charge in [0.1, 0.15) is 13.2 Å². The molecule has 0 bridgehead atoms. The molecule has 0 radical (unpaired) electrons. The molecule has 3 rings (SSSR count). The lowest BCUT2D eigenvalue weighted by Crippen LogP contribution is -2.47. The molecular formula is C24H29N3O5. The standard InChI is InChI=1S/C24H29N3O5/c1-3-27(15-23(29)25-19-9-10-21-22(14-19)32-12-11-31-21)16-24(30)26-20(17(2)28)13-18-7-5-4-6-8-18/h4-10,14,20H,3,11-13,15-16H2,1-2H3,(H,25,29)(H,26,30). The van der Waals surface area contributed by atoms with E-state index in [1.165, 1.54) is 6.92 Å². The van der Waals surface area contributed by atoms with Gasteiger partial charge in [0.2, 0.25) is 11.8 Å². The highest BCUT2D eigenvalue weighted by atomic mass is 16.6. The Balaban J connectivity index is 1.51. The Bertz CT molecular complexity index is 948. The molecule has 1 heterocycles. The van der Waals surface area contributed by atoms with Gasteiger partial charge in [-0.2, -0.15) is 0 Å². The number of nitrogens with zero attached hydrogens (tertiary/aromatic N) is 1. The molecule has 0 saturated carbocycles. The molecule has 0 spiro atoms. The van der Waals surface area contributed by atoms with Crippen LogP contribution in [0, 0.1) is 0 Å². The maximum Gasteiger partial charge on any atom is 0.238 e. The van der Waals surface area contributed by atoms with Gasteiger partial charge in [-0.15, -0.1) is 0 Å². The Labute approximate surface area is 187 Å². The average Bonchev–Trinajstić information content (AvgIpc) is 2.78. The molecule has 170 valence electrons. The number of rotatable bonds is 10. The van der Waals surface area contributed by atoms with Crippen LogP contribution in [0.5, 0.6) is 11.5 Å². The van der Waals surface area contributed by atoms with E-state index in [-0.39, 0.29) is 30.7 Å². The highest BCUT2D eigenvalue weighted by Gasteiger charge is 2.20. The Morgan fingerprint density at radius 2 is 1.66 bits per heavy atom. The molecule has 0 aromatic heterocycles. The third-order valence-corrected chi connectivity index (χ3v) is 5.12. The third-order valence-electron chi connectivity index (χ3n) is 5.12. The molecule has 8 nitrogen and oxygen atoms in total. The first-order valence-corrected chi connectivity index (χ1v) is 10.7. The SMILES string of the molecule is CCN(CC(=O)Nc1ccc2c(c1)OCCO2)CC(=O)NC(Cc1ccccc1)C(C)=O. The maximum absolute atomic E-state index is 12.6. The predicted octanol–water partition coefficient (Wildman–Crippen LogP) is 2.03. The quantitative estimate of drug-likeness (QED) is 0.588. The van der Waals surface area contributed by atoms with Crippen LogP contribution in [-0.2, 0) is 20.8 Å². The van der Waals surface area contributed by atoms with Gasteiger partial charge >= 0.3 is 0 Å². The number of likely N-dealkylation sites (N-methyl/N-ethyl adjacent to an activating group) is 1. The minimum Gasteiger partial charge on any atom is -0.486 e. The van der Waals surface area contributed by atoms with E-state index in [4.69, 9.17) is 9.47 Å². The zero-order valence-electron chi connectivity index (χ0n) is 18.4. The van der Waals surface area contributed by atoms with E-state index >= 15 is 0 Å². The van der Waals surface area contributed by atoms with Crippen LogP contribution in [0.2, 0.25) is 0 Å². The molecule has 1 aliphatic heterocycles. The van der Waals surface area contributed by atoms with Crippen LogP contribution in [0.25, 0.3) is 0 Å². The van der Waals surface area contributed by atoms with E-state index in [1.54, 1.807) is 23.1 Å². The summed E-state index contributed by atoms with van der Waals surface area (Å²) in [6.45, 7) is 4.87. The van der Waals surface area contributed by atoms with Crippen molar-refractivity contribution in [2.75, 3.05) is 38.2 Å². The Morgan fingerprint density at radius 3 is 2.34 bits per heavy atom. The summed E-state index contributed by atoms with van der Waals surface area (Å²) in [7, 11) is 0. The predicted molar refractivity (Wildman–Crippen MR) is 121 cm³/mol. The lowest BCUT2D eigenvalue weighted by molar-refractivity contribution is -0.128. The summed E-state index contributed by atoms with van der Waals surface area (Å²) in [5.41, 5.74) is 1.57. The summed E-state index contributed by atoms with van der Waals surface area (Å²) < 4.78 is 11.0. The second kappa shape index (κ2) is 11.3. The summed E-state index contributed by atoms with van der Waals surface area (Å²) in [5, 5.41) is 5.61. The molecule has 1 aliphatic rings. The highest BCUT2D eigenvalue weighted by molar-refractivity contribution is 5.93. The van der Waals surface area contributed by atoms with Gasteiger partial charge in [-0.3, -0.25) is 19.3 Å². The average molecular weight is 440 g/mol. The molecule has 1 unspecified atom stereocenters. The molecule has 2 aromatic rings. The second-order valence-corrected chi connectivity index (χ2v) is 7.63. The van der Waals surface area contributed by atoms with Crippen molar-refractivity contribution in [2.45, 2.75) is 26.3 Å². The fourth-order valence-corrected chi connectivity index (χ4v) is 3.39. The summed E-state index contributed by atoms with van der Waals surface area (Å²) in [6, 6.07) is 14.2. The van der Waals surface area contributed by atoms with Crippen molar-refractivity contribution in [3.05, 3.63) is 54.1 Å². The van der Waals surface area contributed by atoms with Gasteiger partial charge in [-0.25, -0.2) is 0 Å². The molecule has 0 fully saturated rings. The number of carbonyl (C=O) groups is 3. The zero-order valence-corrected chi connectivity index (χ0v) is 18.4. The molecule has 0 aliphatic carbocycles. The van der Waals surface area contributed by atoms with Crippen molar-refractivity contribution in [1.29, 1.82) is 0 Å². The molecule has 1 atom stereocenters. The van der Waals surface area contributed by atoms with Crippen LogP contribution in [0.1, 0.15) is 19.4 Å². The van der Waals surface area contributed by atoms with Crippen LogP contribution in [0.3, 0.4) is 0 Å². The molecule has 2 N–H and O–H groups in total. The first kappa shape index (κ1) is 23.3. The van der Waals surface area contributed by atoms with Crippen molar-refractivity contribution in [3.63, 3.8) is 0 Å². The fourth-order valence-electron chi connectivity index (χ4n) is 3.39. The van der Waals surface area contributed by atoms with Crippen molar-refractivity contribution >= 4 is 23.3 Å². The van der Waals surface area contributed by atoms with Gasteiger partial charge in [0, 0.05) is 11.8 Å². The summed E-state index contributed by atoms with van der Waals surface area (Å²) >= 11 is 0. The number of benzene rings is 2. The number of amides is 2. The molecule has 8 heteroatoms. The van der Waals surface area contributed by atoms with Crippen LogP contribution in [-0.4, -0.2) is 61.4 Å². The molecule has 2 aromatic carbocycles. The third kappa shape index (κ3) is 6.81. The number of Topliss-reactive ketones (excluding diaryl/α,β-unsaturated/α-hetero) is 1. The molecule has 0 saturated heterocycles. The topological polar surface area (TPSA) is 97.0 Å². The summed E-state index contributed by atoms with van der Waals surface area (Å²) in [5.74, 6) is 0.589. The van der Waals surface area contributed by atoms with Gasteiger partial charge in [0.25, 0.3) is 0 Å². The van der Waals surface area contributed by atoms with Crippen LogP contribution < -0.4 is 20.1 Å². The zero-order chi connectivity index (χ0) is 22.9. The van der Waals surface area contributed by atoms with Crippen molar-refractivity contribution in [2.24, 2.45) is 0 Å². The number of hydrogen-bond acceptors (Lipinski definition) is 6. The second-order valence-electron chi connectivity index (χ2n) is 7.63. The van der Waals surface area contributed by atoms with E-state index < -0.39 is 6.04 Å². The number of ether oxygens (including phenoxy) is 2. The van der Waals surface area contributed by atoms with Gasteiger partial charge in [-0.1, -0.05) is 37.3 Å². The van der Waals surface area contributed by atoms with Crippen LogP contribution >= 0.6 is 0 Å². The number of fused-ring (bicyclic) bond motifs is 1. The number of hydrogen-bond donors (Lipinski definition) is 2. The largest absolute Gasteiger partial charge is 0.486 e. The first-order valence-electron chi connectivity index (χ1n) is 10.7. The minimum absolute atomic E-state index is 0.0175. The fraction of sp³-hybridized carbons (Fsp3) is 0.375. The normalized spacial score (nSPS) is 13.3. The van der Waals surface area contributed by atoms with Crippen LogP contribution in [0.4, 0.5) is 5.69 Å². The molecular weight excluding hydrogens is 410 g/mol. The van der Waals surface area contributed by atoms with Crippen LogP contribution in [0.15, 0.2) is 48.5 Å². The monoisotopic (exact) mass is 439 g/mol. The van der Waals surface area contributed by atoms with E-state index in [0.717, 1.165) is 5.56 Å². The lowest BCUT2D eigenvalue weighted by Gasteiger charge is -2.22. The maximum atomic E-state index is 12.6. The molecule has 2 amide bonds. The first-order chi connectivity index (χ1) is 15.4. The van der Waals surface area contributed by atoms with Crippen molar-refractivity contribution < 1.29 is 23.9 Å². The van der Waals surface area contributed by atoms with E-state index in [0.29, 0.717) is 43.4 Å². The number of ketones is 1. The van der Waals surface area contributed by atoms with E-state index in [1.807, 2.05) is 37.3 Å². The highest BCUT2D eigenvalue weighted by Crippen LogP contribution is 2.32. The number of carbonyl (C=O) groups excluding carboxylic acids is 3. The summed E-state index contributed by atoms with van der Waals surface area (Å²) in [6.07, 6.45) is 0.429. The number of anilines is 1. The Kier molecular flexibility index (Phi) is 8.21. The Hall–Kier alpha value is -3.39. The number of nitrogens with one attached hydrogen (secondary N) is 2. The lowest BCUT2D eigenvalue weighted by atomic mass is 10.0. The van der Waals surface area contributed by atoms with Gasteiger partial charge in [0.15, 0.2) is 17.3 Å². The van der Waals surface area contributed by atoms with Gasteiger partial charge in [0.05, 0.1) is 19.1 Å². The van der Waals surface area contributed by atoms with E-state index in [9.17, 15) is 14.4 Å². The summed E-state index contributed by atoms with van der Waals surface area (Å²) in [4.78, 5) is 38.8. The minimum atomic E-state index is -0.602. The Morgan fingerprint density at radius 1 is 0.969 bits per heavy atom. The van der Waals surface area contributed by atoms with E-state index in [2.05, 4.69) is 10.6 Å². The van der Waals surface area contributed by atoms with Gasteiger partial charge < -0.3 is 20.1 Å².